The average molecular weight is 429 g/mol. The first kappa shape index (κ1) is 23.4. The lowest BCUT2D eigenvalue weighted by molar-refractivity contribution is 0.0173. The van der Waals surface area contributed by atoms with Crippen LogP contribution < -0.4 is 4.90 Å². The number of pyridine rings is 1. The molecule has 1 saturated heterocycles. The molecule has 0 saturated carbocycles. The van der Waals surface area contributed by atoms with E-state index in [1.165, 1.54) is 6.42 Å². The molecule has 1 atom stereocenters. The highest BCUT2D eigenvalue weighted by Crippen LogP contribution is 2.32. The lowest BCUT2D eigenvalue weighted by Crippen LogP contribution is -2.37. The Morgan fingerprint density at radius 3 is 2.77 bits per heavy atom. The minimum absolute atomic E-state index is 0.0750. The normalized spacial score (nSPS) is 16.4. The zero-order valence-electron chi connectivity index (χ0n) is 19.2. The van der Waals surface area contributed by atoms with Gasteiger partial charge in [0.15, 0.2) is 0 Å². The Morgan fingerprint density at radius 2 is 2.03 bits per heavy atom. The minimum atomic E-state index is 0.0750. The molecule has 0 bridgehead atoms. The van der Waals surface area contributed by atoms with Gasteiger partial charge in [-0.3, -0.25) is 9.67 Å². The summed E-state index contributed by atoms with van der Waals surface area (Å²) < 4.78 is 18.9. The van der Waals surface area contributed by atoms with Crippen molar-refractivity contribution in [2.75, 3.05) is 45.0 Å². The van der Waals surface area contributed by atoms with Crippen molar-refractivity contribution < 1.29 is 14.2 Å². The van der Waals surface area contributed by atoms with Crippen LogP contribution in [0, 0.1) is 6.92 Å². The highest BCUT2D eigenvalue weighted by atomic mass is 16.5. The van der Waals surface area contributed by atoms with Crippen LogP contribution in [-0.2, 0) is 20.8 Å². The molecule has 2 aromatic heterocycles. The van der Waals surface area contributed by atoms with E-state index in [4.69, 9.17) is 14.2 Å². The number of aromatic nitrogens is 3. The summed E-state index contributed by atoms with van der Waals surface area (Å²) in [5.41, 5.74) is 4.99. The number of hydrogen-bond acceptors (Lipinski definition) is 6. The highest BCUT2D eigenvalue weighted by molar-refractivity contribution is 5.84. The second-order valence-electron chi connectivity index (χ2n) is 7.97. The maximum Gasteiger partial charge on any atom is 0.129 e. The summed E-state index contributed by atoms with van der Waals surface area (Å²) in [6.07, 6.45) is 10.3. The molecule has 3 rings (SSSR count). The van der Waals surface area contributed by atoms with Crippen LogP contribution in [0.1, 0.15) is 49.4 Å². The number of ether oxygens (including phenoxy) is 3. The lowest BCUT2D eigenvalue weighted by Gasteiger charge is -2.34. The van der Waals surface area contributed by atoms with Gasteiger partial charge >= 0.3 is 0 Å². The predicted octanol–water partition coefficient (Wildman–Crippen LogP) is 4.05. The Labute approximate surface area is 186 Å². The summed E-state index contributed by atoms with van der Waals surface area (Å²) in [7, 11) is 2.07. The fraction of sp³-hybridized carbons (Fsp3) is 0.583. The summed E-state index contributed by atoms with van der Waals surface area (Å²) >= 11 is 0. The van der Waals surface area contributed by atoms with Gasteiger partial charge in [-0.15, -0.1) is 0 Å². The average Bonchev–Trinajstić information content (AvgIpc) is 3.27. The maximum absolute atomic E-state index is 5.98. The second-order valence-corrected chi connectivity index (χ2v) is 7.97. The van der Waals surface area contributed by atoms with E-state index in [1.807, 2.05) is 30.2 Å². The molecule has 1 fully saturated rings. The molecule has 2 aromatic rings. The Bertz CT molecular complexity index is 830. The number of anilines is 1. The molecule has 1 aliphatic rings. The van der Waals surface area contributed by atoms with Crippen molar-refractivity contribution in [3.8, 4) is 0 Å². The first-order valence-corrected chi connectivity index (χ1v) is 11.3. The molecule has 170 valence electrons. The second kappa shape index (κ2) is 12.0. The van der Waals surface area contributed by atoms with Gasteiger partial charge in [0.05, 0.1) is 44.4 Å². The molecule has 0 N–H and O–H groups in total. The predicted molar refractivity (Wildman–Crippen MR) is 123 cm³/mol. The fourth-order valence-electron chi connectivity index (χ4n) is 3.68. The summed E-state index contributed by atoms with van der Waals surface area (Å²) in [5, 5.41) is 4.49. The van der Waals surface area contributed by atoms with Gasteiger partial charge in [0.2, 0.25) is 0 Å². The molecule has 31 heavy (non-hydrogen) atoms. The molecule has 0 radical (unpaired) electrons. The van der Waals surface area contributed by atoms with Crippen LogP contribution in [0.3, 0.4) is 0 Å². The van der Waals surface area contributed by atoms with Crippen LogP contribution in [0.5, 0.6) is 0 Å². The van der Waals surface area contributed by atoms with Crippen molar-refractivity contribution in [2.24, 2.45) is 0 Å². The standard InChI is InChI=1S/C24H36N4O3/c1-5-10-29-13-14-30-12-9-28-18-21(16-26-28)20(3)22-15-19(2)25-17-23(22)27(4)24-8-6-7-11-31-24/h15-18,24H,3,5-14H2,1-2,4H3. The van der Waals surface area contributed by atoms with Gasteiger partial charge in [-0.2, -0.15) is 5.10 Å². The third-order valence-electron chi connectivity index (χ3n) is 5.48. The van der Waals surface area contributed by atoms with Gasteiger partial charge in [0.1, 0.15) is 6.23 Å². The van der Waals surface area contributed by atoms with E-state index >= 15 is 0 Å². The van der Waals surface area contributed by atoms with E-state index < -0.39 is 0 Å². The molecule has 0 spiro atoms. The topological polar surface area (TPSA) is 61.6 Å². The van der Waals surface area contributed by atoms with E-state index in [9.17, 15) is 0 Å². The third-order valence-corrected chi connectivity index (χ3v) is 5.48. The van der Waals surface area contributed by atoms with Gasteiger partial charge in [0, 0.05) is 43.3 Å². The van der Waals surface area contributed by atoms with Crippen LogP contribution in [0.2, 0.25) is 0 Å². The molecule has 0 aromatic carbocycles. The van der Waals surface area contributed by atoms with E-state index in [1.54, 1.807) is 0 Å². The maximum atomic E-state index is 5.98. The molecule has 7 heteroatoms. The van der Waals surface area contributed by atoms with E-state index in [2.05, 4.69) is 41.6 Å². The van der Waals surface area contributed by atoms with Crippen molar-refractivity contribution in [3.63, 3.8) is 0 Å². The molecule has 0 aliphatic carbocycles. The van der Waals surface area contributed by atoms with Gasteiger partial charge in [-0.05, 0) is 44.2 Å². The van der Waals surface area contributed by atoms with E-state index in [0.29, 0.717) is 26.4 Å². The van der Waals surface area contributed by atoms with Crippen molar-refractivity contribution in [2.45, 2.75) is 52.3 Å². The smallest absolute Gasteiger partial charge is 0.129 e. The summed E-state index contributed by atoms with van der Waals surface area (Å²) in [4.78, 5) is 6.71. The van der Waals surface area contributed by atoms with E-state index in [-0.39, 0.29) is 6.23 Å². The SMILES string of the molecule is C=C(c1cnn(CCOCCOCCC)c1)c1cc(C)ncc1N(C)C1CCCCO1. The Morgan fingerprint density at radius 1 is 1.23 bits per heavy atom. The van der Waals surface area contributed by atoms with Crippen LogP contribution in [0.4, 0.5) is 5.69 Å². The van der Waals surface area contributed by atoms with Crippen molar-refractivity contribution in [3.05, 3.63) is 48.1 Å². The Kier molecular flexibility index (Phi) is 9.06. The molecule has 0 amide bonds. The Hall–Kier alpha value is -2.22. The number of hydrogen-bond donors (Lipinski definition) is 0. The Balaban J connectivity index is 1.63. The van der Waals surface area contributed by atoms with Gasteiger partial charge in [-0.1, -0.05) is 13.5 Å². The minimum Gasteiger partial charge on any atom is -0.379 e. The van der Waals surface area contributed by atoms with Crippen molar-refractivity contribution in [1.82, 2.24) is 14.8 Å². The van der Waals surface area contributed by atoms with Gasteiger partial charge in [-0.25, -0.2) is 0 Å². The zero-order chi connectivity index (χ0) is 22.1. The lowest BCUT2D eigenvalue weighted by atomic mass is 10.00. The highest BCUT2D eigenvalue weighted by Gasteiger charge is 2.22. The monoisotopic (exact) mass is 428 g/mol. The van der Waals surface area contributed by atoms with Crippen LogP contribution >= 0.6 is 0 Å². The van der Waals surface area contributed by atoms with E-state index in [0.717, 1.165) is 60.6 Å². The molecular weight excluding hydrogens is 392 g/mol. The summed E-state index contributed by atoms with van der Waals surface area (Å²) in [6, 6.07) is 2.09. The quantitative estimate of drug-likeness (QED) is 0.475. The fourth-order valence-corrected chi connectivity index (χ4v) is 3.68. The summed E-state index contributed by atoms with van der Waals surface area (Å²) in [6.45, 7) is 12.6. The number of rotatable bonds is 12. The first-order valence-electron chi connectivity index (χ1n) is 11.3. The van der Waals surface area contributed by atoms with Crippen LogP contribution in [0.25, 0.3) is 5.57 Å². The molecular formula is C24H36N4O3. The largest absolute Gasteiger partial charge is 0.379 e. The third kappa shape index (κ3) is 6.63. The van der Waals surface area contributed by atoms with Crippen molar-refractivity contribution >= 4 is 11.3 Å². The van der Waals surface area contributed by atoms with Gasteiger partial charge < -0.3 is 19.1 Å². The molecule has 1 unspecified atom stereocenters. The molecule has 7 nitrogen and oxygen atoms in total. The van der Waals surface area contributed by atoms with Crippen LogP contribution in [-0.4, -0.2) is 61.1 Å². The van der Waals surface area contributed by atoms with Gasteiger partial charge in [0.25, 0.3) is 0 Å². The molecule has 3 heterocycles. The number of nitrogens with zero attached hydrogens (tertiary/aromatic N) is 4. The summed E-state index contributed by atoms with van der Waals surface area (Å²) in [5.74, 6) is 0. The molecule has 1 aliphatic heterocycles. The zero-order valence-corrected chi connectivity index (χ0v) is 19.2. The first-order chi connectivity index (χ1) is 15.1. The van der Waals surface area contributed by atoms with Crippen molar-refractivity contribution in [1.29, 1.82) is 0 Å². The van der Waals surface area contributed by atoms with Crippen LogP contribution in [0.15, 0.2) is 31.2 Å². The number of aryl methyl sites for hydroxylation is 1.